The van der Waals surface area contributed by atoms with Gasteiger partial charge >= 0.3 is 0 Å². The Morgan fingerprint density at radius 2 is 2.20 bits per heavy atom. The van der Waals surface area contributed by atoms with Gasteiger partial charge in [-0.15, -0.1) is 0 Å². The van der Waals surface area contributed by atoms with E-state index < -0.39 is 9.84 Å². The number of fused-ring (bicyclic) bond motifs is 1. The molecule has 0 amide bonds. The molecule has 1 aliphatic heterocycles. The Balaban J connectivity index is 2.07. The van der Waals surface area contributed by atoms with Gasteiger partial charge in [-0.25, -0.2) is 13.4 Å². The van der Waals surface area contributed by atoms with Crippen LogP contribution in [-0.4, -0.2) is 32.7 Å². The van der Waals surface area contributed by atoms with E-state index in [0.29, 0.717) is 16.3 Å². The summed E-state index contributed by atoms with van der Waals surface area (Å²) >= 11 is 1.59. The Bertz CT molecular complexity index is 737. The molecule has 2 heterocycles. The van der Waals surface area contributed by atoms with Gasteiger partial charge in [0.15, 0.2) is 15.0 Å². The van der Waals surface area contributed by atoms with Crippen LogP contribution in [0.1, 0.15) is 19.8 Å². The molecule has 1 aliphatic rings. The van der Waals surface area contributed by atoms with E-state index in [1.165, 1.54) is 19.1 Å². The fourth-order valence-electron chi connectivity index (χ4n) is 2.71. The van der Waals surface area contributed by atoms with E-state index in [4.69, 9.17) is 0 Å². The maximum atomic E-state index is 11.8. The lowest BCUT2D eigenvalue weighted by Gasteiger charge is -2.30. The number of hydrogen-bond donors (Lipinski definition) is 0. The average molecular weight is 310 g/mol. The van der Waals surface area contributed by atoms with E-state index in [1.807, 2.05) is 6.07 Å². The van der Waals surface area contributed by atoms with Crippen LogP contribution < -0.4 is 4.90 Å². The molecule has 6 heteroatoms. The molecule has 0 radical (unpaired) electrons. The first-order valence-corrected chi connectivity index (χ1v) is 9.50. The first-order chi connectivity index (χ1) is 9.45. The van der Waals surface area contributed by atoms with Gasteiger partial charge in [-0.1, -0.05) is 24.3 Å². The third kappa shape index (κ3) is 2.54. The molecule has 0 aliphatic carbocycles. The van der Waals surface area contributed by atoms with Crippen molar-refractivity contribution in [1.29, 1.82) is 0 Å². The third-order valence-electron chi connectivity index (χ3n) is 3.70. The number of benzene rings is 1. The lowest BCUT2D eigenvalue weighted by atomic mass is 10.0. The van der Waals surface area contributed by atoms with Crippen LogP contribution in [0.15, 0.2) is 23.1 Å². The highest BCUT2D eigenvalue weighted by molar-refractivity contribution is 7.91. The molecule has 108 valence electrons. The molecule has 0 spiro atoms. The summed E-state index contributed by atoms with van der Waals surface area (Å²) in [7, 11) is -3.23. The summed E-state index contributed by atoms with van der Waals surface area (Å²) in [5.74, 6) is 0.671. The van der Waals surface area contributed by atoms with Crippen molar-refractivity contribution in [3.05, 3.63) is 18.2 Å². The maximum Gasteiger partial charge on any atom is 0.186 e. The Morgan fingerprint density at radius 1 is 1.40 bits per heavy atom. The number of aromatic nitrogens is 1. The number of para-hydroxylation sites is 1. The summed E-state index contributed by atoms with van der Waals surface area (Å²) in [5.41, 5.74) is 0.619. The highest BCUT2D eigenvalue weighted by Crippen LogP contribution is 2.34. The Hall–Kier alpha value is -1.14. The van der Waals surface area contributed by atoms with Gasteiger partial charge in [-0.05, 0) is 30.9 Å². The zero-order valence-electron chi connectivity index (χ0n) is 11.7. The predicted octanol–water partition coefficient (Wildman–Crippen LogP) is 2.94. The second kappa shape index (κ2) is 5.00. The summed E-state index contributed by atoms with van der Waals surface area (Å²) in [6.45, 7) is 4.27. The van der Waals surface area contributed by atoms with Crippen LogP contribution in [0.2, 0.25) is 0 Å². The Morgan fingerprint density at radius 3 is 2.90 bits per heavy atom. The van der Waals surface area contributed by atoms with Crippen molar-refractivity contribution in [1.82, 2.24) is 4.98 Å². The minimum absolute atomic E-state index is 0.336. The lowest BCUT2D eigenvalue weighted by molar-refractivity contribution is 0.446. The van der Waals surface area contributed by atoms with Crippen LogP contribution in [0.5, 0.6) is 0 Å². The largest absolute Gasteiger partial charge is 0.348 e. The average Bonchev–Trinajstić information content (AvgIpc) is 2.81. The number of sulfone groups is 1. The zero-order valence-corrected chi connectivity index (χ0v) is 13.3. The molecule has 2 aromatic rings. The fourth-order valence-corrected chi connectivity index (χ4v) is 4.63. The fraction of sp³-hybridized carbons (Fsp3) is 0.500. The van der Waals surface area contributed by atoms with Crippen molar-refractivity contribution in [3.8, 4) is 0 Å². The number of rotatable bonds is 2. The van der Waals surface area contributed by atoms with E-state index in [2.05, 4.69) is 16.8 Å². The van der Waals surface area contributed by atoms with E-state index in [0.717, 1.165) is 22.9 Å². The summed E-state index contributed by atoms with van der Waals surface area (Å²) in [4.78, 5) is 7.22. The first-order valence-electron chi connectivity index (χ1n) is 6.80. The van der Waals surface area contributed by atoms with Crippen molar-refractivity contribution < 1.29 is 8.42 Å². The van der Waals surface area contributed by atoms with Gasteiger partial charge in [0, 0.05) is 19.3 Å². The molecule has 1 aromatic heterocycles. The molecule has 0 N–H and O–H groups in total. The van der Waals surface area contributed by atoms with Crippen LogP contribution in [0.4, 0.5) is 5.13 Å². The minimum Gasteiger partial charge on any atom is -0.348 e. The SMILES string of the molecule is CC1CCCN(c2nc3c(S(C)(=O)=O)cccc3s2)C1. The molecule has 1 fully saturated rings. The summed E-state index contributed by atoms with van der Waals surface area (Å²) < 4.78 is 24.6. The van der Waals surface area contributed by atoms with Gasteiger partial charge in [-0.2, -0.15) is 0 Å². The number of hydrogen-bond acceptors (Lipinski definition) is 5. The molecule has 4 nitrogen and oxygen atoms in total. The molecule has 1 saturated heterocycles. The third-order valence-corrected chi connectivity index (χ3v) is 5.91. The standard InChI is InChI=1S/C14H18N2O2S2/c1-10-5-4-8-16(9-10)14-15-13-11(19-14)6-3-7-12(13)20(2,17)18/h3,6-7,10H,4-5,8-9H2,1-2H3. The molecule has 1 unspecified atom stereocenters. The van der Waals surface area contributed by atoms with Gasteiger partial charge in [0.1, 0.15) is 5.52 Å². The summed E-state index contributed by atoms with van der Waals surface area (Å²) in [6, 6.07) is 5.37. The van der Waals surface area contributed by atoms with Crippen LogP contribution >= 0.6 is 11.3 Å². The van der Waals surface area contributed by atoms with E-state index >= 15 is 0 Å². The molecular weight excluding hydrogens is 292 g/mol. The molecular formula is C14H18N2O2S2. The summed E-state index contributed by atoms with van der Waals surface area (Å²) in [5, 5.41) is 0.947. The number of nitrogens with zero attached hydrogens (tertiary/aromatic N) is 2. The monoisotopic (exact) mass is 310 g/mol. The lowest BCUT2D eigenvalue weighted by Crippen LogP contribution is -2.34. The normalized spacial score (nSPS) is 20.5. The highest BCUT2D eigenvalue weighted by Gasteiger charge is 2.21. The second-order valence-electron chi connectivity index (χ2n) is 5.56. The predicted molar refractivity (Wildman–Crippen MR) is 83.3 cm³/mol. The maximum absolute atomic E-state index is 11.8. The Kier molecular flexibility index (Phi) is 3.46. The van der Waals surface area contributed by atoms with E-state index in [9.17, 15) is 8.42 Å². The summed E-state index contributed by atoms with van der Waals surface area (Å²) in [6.07, 6.45) is 3.68. The topological polar surface area (TPSA) is 50.3 Å². The smallest absolute Gasteiger partial charge is 0.186 e. The van der Waals surface area contributed by atoms with Crippen LogP contribution in [-0.2, 0) is 9.84 Å². The van der Waals surface area contributed by atoms with Crippen LogP contribution in [0.3, 0.4) is 0 Å². The van der Waals surface area contributed by atoms with Gasteiger partial charge in [0.25, 0.3) is 0 Å². The second-order valence-corrected chi connectivity index (χ2v) is 8.56. The first kappa shape index (κ1) is 13.8. The molecule has 1 aromatic carbocycles. The van der Waals surface area contributed by atoms with E-state index in [1.54, 1.807) is 23.5 Å². The minimum atomic E-state index is -3.23. The van der Waals surface area contributed by atoms with Gasteiger partial charge in [-0.3, -0.25) is 0 Å². The zero-order chi connectivity index (χ0) is 14.3. The molecule has 0 bridgehead atoms. The molecule has 0 saturated carbocycles. The Labute approximate surface area is 123 Å². The van der Waals surface area contributed by atoms with Crippen molar-refractivity contribution >= 4 is 36.5 Å². The van der Waals surface area contributed by atoms with Gasteiger partial charge in [0.2, 0.25) is 0 Å². The van der Waals surface area contributed by atoms with Gasteiger partial charge < -0.3 is 4.90 Å². The molecule has 1 atom stereocenters. The molecule has 20 heavy (non-hydrogen) atoms. The molecule has 3 rings (SSSR count). The number of anilines is 1. The number of thiazole rings is 1. The van der Waals surface area contributed by atoms with Crippen molar-refractivity contribution in [2.24, 2.45) is 5.92 Å². The van der Waals surface area contributed by atoms with Crippen molar-refractivity contribution in [2.45, 2.75) is 24.7 Å². The van der Waals surface area contributed by atoms with Crippen LogP contribution in [0, 0.1) is 5.92 Å². The van der Waals surface area contributed by atoms with Crippen LogP contribution in [0.25, 0.3) is 10.2 Å². The quantitative estimate of drug-likeness (QED) is 0.856. The number of piperidine rings is 1. The van der Waals surface area contributed by atoms with Crippen molar-refractivity contribution in [3.63, 3.8) is 0 Å². The van der Waals surface area contributed by atoms with E-state index in [-0.39, 0.29) is 0 Å². The van der Waals surface area contributed by atoms with Gasteiger partial charge in [0.05, 0.1) is 9.60 Å². The highest BCUT2D eigenvalue weighted by atomic mass is 32.2. The van der Waals surface area contributed by atoms with Crippen molar-refractivity contribution in [2.75, 3.05) is 24.2 Å².